The third-order valence-electron chi connectivity index (χ3n) is 4.33. The number of Topliss-reactive ketones (excluding diaryl/α,β-unsaturated/α-hetero) is 1. The molecule has 0 bridgehead atoms. The first-order chi connectivity index (χ1) is 11.8. The highest BCUT2D eigenvalue weighted by Gasteiger charge is 2.42. The van der Waals surface area contributed by atoms with Crippen molar-refractivity contribution in [2.45, 2.75) is 32.3 Å². The van der Waals surface area contributed by atoms with E-state index >= 15 is 0 Å². The van der Waals surface area contributed by atoms with Crippen LogP contribution in [0.25, 0.3) is 0 Å². The van der Waals surface area contributed by atoms with Crippen LogP contribution in [0.1, 0.15) is 42.6 Å². The summed E-state index contributed by atoms with van der Waals surface area (Å²) in [5.41, 5.74) is 0.947. The van der Waals surface area contributed by atoms with Gasteiger partial charge in [-0.2, -0.15) is 0 Å². The minimum absolute atomic E-state index is 0.0485. The van der Waals surface area contributed by atoms with Crippen molar-refractivity contribution in [1.29, 1.82) is 0 Å². The number of hydrogen-bond donors (Lipinski definition) is 3. The van der Waals surface area contributed by atoms with Crippen molar-refractivity contribution in [2.75, 3.05) is 0 Å². The minimum atomic E-state index is -0.963. The van der Waals surface area contributed by atoms with E-state index in [2.05, 4.69) is 0 Å². The molecule has 1 aliphatic rings. The van der Waals surface area contributed by atoms with Crippen molar-refractivity contribution >= 4 is 5.78 Å². The lowest BCUT2D eigenvalue weighted by atomic mass is 9.81. The molecule has 5 nitrogen and oxygen atoms in total. The molecule has 2 aromatic rings. The van der Waals surface area contributed by atoms with Crippen LogP contribution in [0.2, 0.25) is 0 Å². The third-order valence-corrected chi connectivity index (χ3v) is 4.33. The molecule has 0 amide bonds. The third kappa shape index (κ3) is 3.18. The lowest BCUT2D eigenvalue weighted by Crippen LogP contribution is -2.39. The first kappa shape index (κ1) is 16.9. The molecule has 0 fully saturated rings. The highest BCUT2D eigenvalue weighted by molar-refractivity contribution is 6.03. The summed E-state index contributed by atoms with van der Waals surface area (Å²) < 4.78 is 6.16. The molecule has 25 heavy (non-hydrogen) atoms. The predicted octanol–water partition coefficient (Wildman–Crippen LogP) is 4.02. The van der Waals surface area contributed by atoms with Gasteiger partial charge in [-0.25, -0.2) is 0 Å². The predicted molar refractivity (Wildman–Crippen MR) is 93.2 cm³/mol. The van der Waals surface area contributed by atoms with Gasteiger partial charge in [-0.3, -0.25) is 4.79 Å². The van der Waals surface area contributed by atoms with E-state index in [1.165, 1.54) is 6.07 Å². The number of phenolic OH excluding ortho intramolecular Hbond substituents is 3. The van der Waals surface area contributed by atoms with Gasteiger partial charge in [0, 0.05) is 18.6 Å². The van der Waals surface area contributed by atoms with E-state index in [9.17, 15) is 20.1 Å². The number of benzene rings is 2. The van der Waals surface area contributed by atoms with Crippen LogP contribution in [-0.2, 0) is 5.60 Å². The summed E-state index contributed by atoms with van der Waals surface area (Å²) >= 11 is 0. The second-order valence-corrected chi connectivity index (χ2v) is 6.57. The summed E-state index contributed by atoms with van der Waals surface area (Å²) in [4.78, 5) is 12.7. The maximum atomic E-state index is 12.7. The molecule has 0 aliphatic carbocycles. The zero-order chi connectivity index (χ0) is 18.2. The van der Waals surface area contributed by atoms with Gasteiger partial charge < -0.3 is 20.1 Å². The molecule has 0 aromatic heterocycles. The van der Waals surface area contributed by atoms with E-state index in [1.54, 1.807) is 24.3 Å². The Hall–Kier alpha value is -2.95. The molecule has 0 radical (unpaired) electrons. The smallest absolute Gasteiger partial charge is 0.174 e. The van der Waals surface area contributed by atoms with Crippen molar-refractivity contribution in [3.05, 3.63) is 59.2 Å². The highest BCUT2D eigenvalue weighted by Crippen LogP contribution is 2.46. The SMILES string of the molecule is CC(C)=CC[C@@]1(c2ccc(O)cc2)CC(=O)c2c(O)cc(O)cc2O1. The lowest BCUT2D eigenvalue weighted by Gasteiger charge is -2.38. The average Bonchev–Trinajstić information content (AvgIpc) is 2.52. The van der Waals surface area contributed by atoms with Crippen LogP contribution >= 0.6 is 0 Å². The number of ketones is 1. The Balaban J connectivity index is 2.14. The summed E-state index contributed by atoms with van der Waals surface area (Å²) in [6.07, 6.45) is 2.47. The van der Waals surface area contributed by atoms with E-state index in [4.69, 9.17) is 4.74 Å². The molecular formula is C20H20O5. The normalized spacial score (nSPS) is 19.0. The molecule has 0 saturated heterocycles. The Bertz CT molecular complexity index is 847. The second kappa shape index (κ2) is 6.16. The fourth-order valence-electron chi connectivity index (χ4n) is 3.07. The summed E-state index contributed by atoms with van der Waals surface area (Å²) in [6.45, 7) is 3.92. The van der Waals surface area contributed by atoms with Crippen molar-refractivity contribution < 1.29 is 24.9 Å². The fourth-order valence-corrected chi connectivity index (χ4v) is 3.07. The Morgan fingerprint density at radius 1 is 1.12 bits per heavy atom. The molecule has 2 aromatic carbocycles. The van der Waals surface area contributed by atoms with Gasteiger partial charge in [0.2, 0.25) is 0 Å². The molecule has 0 spiro atoms. The highest BCUT2D eigenvalue weighted by atomic mass is 16.5. The van der Waals surface area contributed by atoms with Gasteiger partial charge in [0.1, 0.15) is 34.2 Å². The number of rotatable bonds is 3. The fraction of sp³-hybridized carbons (Fsp3) is 0.250. The molecular weight excluding hydrogens is 320 g/mol. The van der Waals surface area contributed by atoms with E-state index in [0.717, 1.165) is 17.2 Å². The molecule has 130 valence electrons. The largest absolute Gasteiger partial charge is 0.508 e. The van der Waals surface area contributed by atoms with Gasteiger partial charge >= 0.3 is 0 Å². The first-order valence-corrected chi connectivity index (χ1v) is 8.02. The average molecular weight is 340 g/mol. The molecule has 1 atom stereocenters. The topological polar surface area (TPSA) is 87.0 Å². The van der Waals surface area contributed by atoms with Crippen LogP contribution in [0.5, 0.6) is 23.0 Å². The summed E-state index contributed by atoms with van der Waals surface area (Å²) in [5, 5.41) is 29.3. The van der Waals surface area contributed by atoms with E-state index in [1.807, 2.05) is 19.9 Å². The Kier molecular flexibility index (Phi) is 4.17. The van der Waals surface area contributed by atoms with Gasteiger partial charge in [-0.05, 0) is 31.5 Å². The van der Waals surface area contributed by atoms with E-state index in [-0.39, 0.29) is 40.8 Å². The second-order valence-electron chi connectivity index (χ2n) is 6.57. The van der Waals surface area contributed by atoms with Gasteiger partial charge in [0.05, 0.1) is 6.42 Å². The number of aromatic hydroxyl groups is 3. The molecule has 3 N–H and O–H groups in total. The van der Waals surface area contributed by atoms with Crippen LogP contribution in [0.4, 0.5) is 0 Å². The summed E-state index contributed by atoms with van der Waals surface area (Å²) in [6, 6.07) is 8.99. The van der Waals surface area contributed by atoms with Crippen LogP contribution in [0, 0.1) is 0 Å². The number of carbonyl (C=O) groups excluding carboxylic acids is 1. The van der Waals surface area contributed by atoms with Crippen molar-refractivity contribution in [3.8, 4) is 23.0 Å². The number of hydrogen-bond acceptors (Lipinski definition) is 5. The van der Waals surface area contributed by atoms with Gasteiger partial charge in [0.25, 0.3) is 0 Å². The van der Waals surface area contributed by atoms with Crippen LogP contribution in [0.15, 0.2) is 48.0 Å². The van der Waals surface area contributed by atoms with Crippen molar-refractivity contribution in [2.24, 2.45) is 0 Å². The van der Waals surface area contributed by atoms with Crippen molar-refractivity contribution in [3.63, 3.8) is 0 Å². The lowest BCUT2D eigenvalue weighted by molar-refractivity contribution is 0.0390. The van der Waals surface area contributed by atoms with E-state index in [0.29, 0.717) is 6.42 Å². The Labute approximate surface area is 145 Å². The number of allylic oxidation sites excluding steroid dienone is 1. The van der Waals surface area contributed by atoms with Gasteiger partial charge in [0.15, 0.2) is 5.78 Å². The van der Waals surface area contributed by atoms with Crippen molar-refractivity contribution in [1.82, 2.24) is 0 Å². The zero-order valence-corrected chi connectivity index (χ0v) is 14.1. The molecule has 0 unspecified atom stereocenters. The quantitative estimate of drug-likeness (QED) is 0.735. The minimum Gasteiger partial charge on any atom is -0.508 e. The number of fused-ring (bicyclic) bond motifs is 1. The number of ether oxygens (including phenoxy) is 1. The first-order valence-electron chi connectivity index (χ1n) is 8.02. The molecule has 1 heterocycles. The molecule has 5 heteroatoms. The zero-order valence-electron chi connectivity index (χ0n) is 14.1. The Morgan fingerprint density at radius 3 is 2.44 bits per heavy atom. The molecule has 0 saturated carbocycles. The maximum absolute atomic E-state index is 12.7. The van der Waals surface area contributed by atoms with Crippen LogP contribution in [0.3, 0.4) is 0 Å². The number of carbonyl (C=O) groups is 1. The standard InChI is InChI=1S/C20H20O5/c1-12(2)7-8-20(13-3-5-14(21)6-4-13)11-17(24)19-16(23)9-15(22)10-18(19)25-20/h3-7,9-10,21-23H,8,11H2,1-2H3/t20-/m0/s1. The summed E-state index contributed by atoms with van der Waals surface area (Å²) in [5.74, 6) is -0.439. The number of phenols is 3. The molecule has 3 rings (SSSR count). The van der Waals surface area contributed by atoms with E-state index < -0.39 is 5.60 Å². The maximum Gasteiger partial charge on any atom is 0.174 e. The Morgan fingerprint density at radius 2 is 1.80 bits per heavy atom. The van der Waals surface area contributed by atoms with Crippen LogP contribution < -0.4 is 4.74 Å². The molecule has 1 aliphatic heterocycles. The monoisotopic (exact) mass is 340 g/mol. The summed E-state index contributed by atoms with van der Waals surface area (Å²) in [7, 11) is 0. The van der Waals surface area contributed by atoms with Gasteiger partial charge in [-0.1, -0.05) is 23.8 Å². The van der Waals surface area contributed by atoms with Gasteiger partial charge in [-0.15, -0.1) is 0 Å². The van der Waals surface area contributed by atoms with Crippen LogP contribution in [-0.4, -0.2) is 21.1 Å².